The molecule has 1 aromatic heterocycles. The summed E-state index contributed by atoms with van der Waals surface area (Å²) in [6.07, 6.45) is 7.74. The van der Waals surface area contributed by atoms with E-state index in [-0.39, 0.29) is 11.9 Å². The van der Waals surface area contributed by atoms with E-state index in [2.05, 4.69) is 4.98 Å². The summed E-state index contributed by atoms with van der Waals surface area (Å²) in [5.41, 5.74) is 3.60. The SMILES string of the molecule is CC(=O)Oc1ccc(C=Cc2cccc(C=Cc3ccc(OC(C)=O)cc3)n2)cc1. The molecule has 0 aliphatic carbocycles. The van der Waals surface area contributed by atoms with Crippen molar-refractivity contribution in [3.63, 3.8) is 0 Å². The molecule has 0 atom stereocenters. The quantitative estimate of drug-likeness (QED) is 0.417. The highest BCUT2D eigenvalue weighted by atomic mass is 16.5. The molecule has 3 rings (SSSR count). The fourth-order valence-electron chi connectivity index (χ4n) is 2.64. The Balaban J connectivity index is 1.65. The van der Waals surface area contributed by atoms with Gasteiger partial charge in [0.1, 0.15) is 11.5 Å². The van der Waals surface area contributed by atoms with Crippen LogP contribution in [0.15, 0.2) is 66.7 Å². The van der Waals surface area contributed by atoms with Gasteiger partial charge in [-0.25, -0.2) is 4.98 Å². The molecule has 150 valence electrons. The maximum atomic E-state index is 11.0. The lowest BCUT2D eigenvalue weighted by Crippen LogP contribution is -2.00. The van der Waals surface area contributed by atoms with Gasteiger partial charge in [-0.1, -0.05) is 42.5 Å². The van der Waals surface area contributed by atoms with E-state index in [9.17, 15) is 9.59 Å². The summed E-state index contributed by atoms with van der Waals surface area (Å²) >= 11 is 0. The second-order valence-electron chi connectivity index (χ2n) is 6.48. The molecular formula is C25H21NO4. The van der Waals surface area contributed by atoms with Gasteiger partial charge in [-0.05, 0) is 59.7 Å². The van der Waals surface area contributed by atoms with Crippen molar-refractivity contribution in [2.45, 2.75) is 13.8 Å². The Morgan fingerprint density at radius 2 is 1.03 bits per heavy atom. The zero-order chi connectivity index (χ0) is 21.3. The second-order valence-corrected chi connectivity index (χ2v) is 6.48. The summed E-state index contributed by atoms with van der Waals surface area (Å²) < 4.78 is 10.1. The number of carbonyl (C=O) groups excluding carboxylic acids is 2. The lowest BCUT2D eigenvalue weighted by atomic mass is 10.1. The van der Waals surface area contributed by atoms with Crippen molar-refractivity contribution in [3.8, 4) is 11.5 Å². The molecule has 30 heavy (non-hydrogen) atoms. The van der Waals surface area contributed by atoms with E-state index in [4.69, 9.17) is 9.47 Å². The van der Waals surface area contributed by atoms with Gasteiger partial charge in [-0.2, -0.15) is 0 Å². The van der Waals surface area contributed by atoms with Gasteiger partial charge in [0, 0.05) is 13.8 Å². The lowest BCUT2D eigenvalue weighted by molar-refractivity contribution is -0.132. The molecule has 0 aliphatic heterocycles. The Kier molecular flexibility index (Phi) is 6.90. The fourth-order valence-corrected chi connectivity index (χ4v) is 2.64. The molecule has 0 saturated heterocycles. The lowest BCUT2D eigenvalue weighted by Gasteiger charge is -2.01. The Morgan fingerprint density at radius 3 is 1.40 bits per heavy atom. The molecule has 0 aliphatic rings. The molecule has 0 spiro atoms. The van der Waals surface area contributed by atoms with Crippen molar-refractivity contribution in [2.24, 2.45) is 0 Å². The number of nitrogens with zero attached hydrogens (tertiary/aromatic N) is 1. The molecular weight excluding hydrogens is 378 g/mol. The largest absolute Gasteiger partial charge is 0.427 e. The monoisotopic (exact) mass is 399 g/mol. The van der Waals surface area contributed by atoms with Crippen LogP contribution in [0, 0.1) is 0 Å². The highest BCUT2D eigenvalue weighted by Crippen LogP contribution is 2.16. The average molecular weight is 399 g/mol. The van der Waals surface area contributed by atoms with Crippen LogP contribution in [0.2, 0.25) is 0 Å². The molecule has 2 aromatic carbocycles. The number of esters is 2. The minimum atomic E-state index is -0.340. The van der Waals surface area contributed by atoms with Crippen LogP contribution < -0.4 is 9.47 Å². The van der Waals surface area contributed by atoms with Crippen molar-refractivity contribution in [1.29, 1.82) is 0 Å². The van der Waals surface area contributed by atoms with Gasteiger partial charge in [0.05, 0.1) is 11.4 Å². The van der Waals surface area contributed by atoms with E-state index in [0.717, 1.165) is 22.5 Å². The third-order valence-electron chi connectivity index (χ3n) is 3.97. The number of benzene rings is 2. The smallest absolute Gasteiger partial charge is 0.308 e. The van der Waals surface area contributed by atoms with Gasteiger partial charge in [0.25, 0.3) is 0 Å². The van der Waals surface area contributed by atoms with E-state index in [0.29, 0.717) is 11.5 Å². The number of hydrogen-bond acceptors (Lipinski definition) is 5. The second kappa shape index (κ2) is 9.98. The van der Waals surface area contributed by atoms with E-state index in [1.165, 1.54) is 13.8 Å². The van der Waals surface area contributed by atoms with Crippen molar-refractivity contribution in [1.82, 2.24) is 4.98 Å². The van der Waals surface area contributed by atoms with Crippen LogP contribution in [0.5, 0.6) is 11.5 Å². The molecule has 0 saturated carbocycles. The van der Waals surface area contributed by atoms with Gasteiger partial charge in [-0.3, -0.25) is 9.59 Å². The van der Waals surface area contributed by atoms with Crippen LogP contribution in [-0.2, 0) is 9.59 Å². The topological polar surface area (TPSA) is 65.5 Å². The number of aromatic nitrogens is 1. The zero-order valence-electron chi connectivity index (χ0n) is 16.7. The molecule has 5 heteroatoms. The molecule has 0 N–H and O–H groups in total. The molecule has 0 radical (unpaired) electrons. The fraction of sp³-hybridized carbons (Fsp3) is 0.0800. The molecule has 0 unspecified atom stereocenters. The molecule has 0 amide bonds. The molecule has 1 heterocycles. The first-order valence-corrected chi connectivity index (χ1v) is 9.38. The normalized spacial score (nSPS) is 11.0. The first kappa shape index (κ1) is 20.7. The summed E-state index contributed by atoms with van der Waals surface area (Å²) in [4.78, 5) is 26.5. The van der Waals surface area contributed by atoms with E-state index in [1.54, 1.807) is 24.3 Å². The van der Waals surface area contributed by atoms with Crippen molar-refractivity contribution < 1.29 is 19.1 Å². The summed E-state index contributed by atoms with van der Waals surface area (Å²) in [5.74, 6) is 0.358. The van der Waals surface area contributed by atoms with Crippen LogP contribution >= 0.6 is 0 Å². The molecule has 0 fully saturated rings. The first-order chi connectivity index (χ1) is 14.5. The van der Waals surface area contributed by atoms with Gasteiger partial charge >= 0.3 is 11.9 Å². The van der Waals surface area contributed by atoms with E-state index in [1.807, 2.05) is 66.8 Å². The molecule has 3 aromatic rings. The van der Waals surface area contributed by atoms with Crippen molar-refractivity contribution in [2.75, 3.05) is 0 Å². The third kappa shape index (κ3) is 6.56. The highest BCUT2D eigenvalue weighted by Gasteiger charge is 1.99. The maximum Gasteiger partial charge on any atom is 0.308 e. The van der Waals surface area contributed by atoms with Gasteiger partial charge in [-0.15, -0.1) is 0 Å². The third-order valence-corrected chi connectivity index (χ3v) is 3.97. The van der Waals surface area contributed by atoms with E-state index < -0.39 is 0 Å². The minimum Gasteiger partial charge on any atom is -0.427 e. The van der Waals surface area contributed by atoms with Crippen LogP contribution in [0.3, 0.4) is 0 Å². The number of carbonyl (C=O) groups is 2. The Labute approximate surface area is 175 Å². The number of pyridine rings is 1. The van der Waals surface area contributed by atoms with Gasteiger partial charge in [0.2, 0.25) is 0 Å². The predicted octanol–water partition coefficient (Wildman–Crippen LogP) is 5.27. The first-order valence-electron chi connectivity index (χ1n) is 9.38. The average Bonchev–Trinajstić information content (AvgIpc) is 2.72. The summed E-state index contributed by atoms with van der Waals surface area (Å²) in [6, 6.07) is 20.3. The minimum absolute atomic E-state index is 0.340. The predicted molar refractivity (Wildman–Crippen MR) is 118 cm³/mol. The molecule has 5 nitrogen and oxygen atoms in total. The zero-order valence-corrected chi connectivity index (χ0v) is 16.7. The van der Waals surface area contributed by atoms with Crippen LogP contribution in [0.25, 0.3) is 24.3 Å². The van der Waals surface area contributed by atoms with E-state index >= 15 is 0 Å². The number of ether oxygens (including phenoxy) is 2. The molecule has 0 bridgehead atoms. The summed E-state index contributed by atoms with van der Waals surface area (Å²) in [7, 11) is 0. The van der Waals surface area contributed by atoms with Crippen LogP contribution in [0.1, 0.15) is 36.4 Å². The van der Waals surface area contributed by atoms with Gasteiger partial charge < -0.3 is 9.47 Å². The highest BCUT2D eigenvalue weighted by molar-refractivity contribution is 5.73. The number of hydrogen-bond donors (Lipinski definition) is 0. The summed E-state index contributed by atoms with van der Waals surface area (Å²) in [5, 5.41) is 0. The standard InChI is InChI=1S/C25H21NO4/c1-18(27)29-24-14-8-20(9-15-24)6-12-22-4-3-5-23(26-22)13-7-21-10-16-25(17-11-21)30-19(2)28/h3-17H,1-2H3. The van der Waals surface area contributed by atoms with Crippen molar-refractivity contribution in [3.05, 3.63) is 89.2 Å². The van der Waals surface area contributed by atoms with Gasteiger partial charge in [0.15, 0.2) is 0 Å². The van der Waals surface area contributed by atoms with Crippen molar-refractivity contribution >= 4 is 36.2 Å². The summed E-state index contributed by atoms with van der Waals surface area (Å²) in [6.45, 7) is 2.75. The number of rotatable bonds is 6. The Morgan fingerprint density at radius 1 is 0.633 bits per heavy atom. The maximum absolute atomic E-state index is 11.0. The Bertz CT molecular complexity index is 996. The van der Waals surface area contributed by atoms with Crippen LogP contribution in [-0.4, -0.2) is 16.9 Å². The van der Waals surface area contributed by atoms with Crippen LogP contribution in [0.4, 0.5) is 0 Å². The Hall–Kier alpha value is -3.99.